The largest absolute Gasteiger partial charge is 0.465 e. The monoisotopic (exact) mass is 161 g/mol. The number of carbonyl (C=O) groups is 1. The van der Waals surface area contributed by atoms with E-state index in [0.717, 1.165) is 12.2 Å². The molecule has 0 aliphatic heterocycles. The molecular weight excluding hydrogens is 148 g/mol. The average Bonchev–Trinajstić information content (AvgIpc) is 1.89. The Morgan fingerprint density at radius 2 is 2.40 bits per heavy atom. The van der Waals surface area contributed by atoms with E-state index < -0.39 is 0 Å². The molecule has 59 valence electrons. The van der Waals surface area contributed by atoms with E-state index in [0.29, 0.717) is 12.4 Å². The lowest BCUT2D eigenvalue weighted by Crippen LogP contribution is -2.06. The molecule has 0 aromatic heterocycles. The molecule has 0 saturated heterocycles. The van der Waals surface area contributed by atoms with Crippen LogP contribution in [0.15, 0.2) is 0 Å². The summed E-state index contributed by atoms with van der Waals surface area (Å²) in [6.45, 7) is 5.94. The average molecular weight is 161 g/mol. The van der Waals surface area contributed by atoms with Gasteiger partial charge in [-0.1, -0.05) is 6.92 Å². The van der Waals surface area contributed by atoms with Gasteiger partial charge in [-0.05, 0) is 19.1 Å². The molecule has 0 fully saturated rings. The van der Waals surface area contributed by atoms with Crippen molar-refractivity contribution in [3.05, 3.63) is 6.92 Å². The summed E-state index contributed by atoms with van der Waals surface area (Å²) in [4.78, 5) is 10.7. The molecule has 0 amide bonds. The fourth-order valence-corrected chi connectivity index (χ4v) is 1.06. The molecule has 2 nitrogen and oxygen atoms in total. The van der Waals surface area contributed by atoms with Crippen molar-refractivity contribution in [2.24, 2.45) is 0 Å². The first-order chi connectivity index (χ1) is 4.81. The van der Waals surface area contributed by atoms with E-state index in [1.54, 1.807) is 11.8 Å². The van der Waals surface area contributed by atoms with Crippen LogP contribution in [0.1, 0.15) is 13.3 Å². The Labute approximate surface area is 66.3 Å². The highest BCUT2D eigenvalue weighted by atomic mass is 32.2. The van der Waals surface area contributed by atoms with Crippen LogP contribution in [0.5, 0.6) is 0 Å². The molecule has 0 aliphatic rings. The number of hydrogen-bond donors (Lipinski definition) is 0. The Bertz CT molecular complexity index is 93.6. The quantitative estimate of drug-likeness (QED) is 0.451. The molecular formula is C7H13O2S. The van der Waals surface area contributed by atoms with Gasteiger partial charge >= 0.3 is 5.97 Å². The third-order valence-electron chi connectivity index (χ3n) is 0.814. The molecule has 3 heteroatoms. The summed E-state index contributed by atoms with van der Waals surface area (Å²) in [5, 5.41) is 0. The van der Waals surface area contributed by atoms with E-state index in [9.17, 15) is 4.79 Å². The minimum atomic E-state index is -0.124. The van der Waals surface area contributed by atoms with Crippen LogP contribution >= 0.6 is 11.8 Å². The molecule has 10 heavy (non-hydrogen) atoms. The lowest BCUT2D eigenvalue weighted by Gasteiger charge is -1.99. The number of carbonyl (C=O) groups excluding carboxylic acids is 1. The summed E-state index contributed by atoms with van der Waals surface area (Å²) in [6, 6.07) is 0. The van der Waals surface area contributed by atoms with Crippen molar-refractivity contribution in [2.45, 2.75) is 13.3 Å². The molecule has 0 N–H and O–H groups in total. The van der Waals surface area contributed by atoms with E-state index in [2.05, 4.69) is 6.92 Å². The van der Waals surface area contributed by atoms with Gasteiger partial charge in [-0.2, -0.15) is 11.8 Å². The number of esters is 1. The molecule has 1 radical (unpaired) electrons. The Morgan fingerprint density at radius 1 is 1.70 bits per heavy atom. The van der Waals surface area contributed by atoms with E-state index in [4.69, 9.17) is 4.74 Å². The first-order valence-electron chi connectivity index (χ1n) is 3.33. The van der Waals surface area contributed by atoms with Crippen molar-refractivity contribution in [1.29, 1.82) is 0 Å². The zero-order valence-corrected chi connectivity index (χ0v) is 7.08. The summed E-state index contributed by atoms with van der Waals surface area (Å²) >= 11 is 1.56. The van der Waals surface area contributed by atoms with Crippen LogP contribution in [-0.2, 0) is 9.53 Å². The number of hydrogen-bond acceptors (Lipinski definition) is 3. The summed E-state index contributed by atoms with van der Waals surface area (Å²) in [5.74, 6) is 1.27. The molecule has 0 saturated carbocycles. The predicted molar refractivity (Wildman–Crippen MR) is 43.9 cm³/mol. The smallest absolute Gasteiger partial charge is 0.315 e. The zero-order chi connectivity index (χ0) is 7.82. The van der Waals surface area contributed by atoms with Gasteiger partial charge in [0, 0.05) is 0 Å². The highest BCUT2D eigenvalue weighted by Gasteiger charge is 1.98. The van der Waals surface area contributed by atoms with Crippen molar-refractivity contribution < 1.29 is 9.53 Å². The van der Waals surface area contributed by atoms with Gasteiger partial charge in [-0.25, -0.2) is 0 Å². The fourth-order valence-electron chi connectivity index (χ4n) is 0.460. The van der Waals surface area contributed by atoms with Crippen molar-refractivity contribution in [1.82, 2.24) is 0 Å². The Morgan fingerprint density at radius 3 is 2.90 bits per heavy atom. The molecule has 0 atom stereocenters. The topological polar surface area (TPSA) is 26.3 Å². The summed E-state index contributed by atoms with van der Waals surface area (Å²) < 4.78 is 4.71. The standard InChI is InChI=1S/C7H13O2S/c1-3-5-10-6-7(8)9-4-2/h1,3-6H2,2H3. The van der Waals surface area contributed by atoms with Gasteiger partial charge in [0.1, 0.15) is 0 Å². The minimum absolute atomic E-state index is 0.124. The minimum Gasteiger partial charge on any atom is -0.465 e. The lowest BCUT2D eigenvalue weighted by atomic mass is 10.6. The highest BCUT2D eigenvalue weighted by molar-refractivity contribution is 7.99. The van der Waals surface area contributed by atoms with Gasteiger partial charge in [0.15, 0.2) is 0 Å². The van der Waals surface area contributed by atoms with Gasteiger partial charge in [0.25, 0.3) is 0 Å². The third-order valence-corrected chi connectivity index (χ3v) is 1.83. The van der Waals surface area contributed by atoms with Crippen molar-refractivity contribution >= 4 is 17.7 Å². The predicted octanol–water partition coefficient (Wildman–Crippen LogP) is 1.51. The molecule has 0 unspecified atom stereocenters. The van der Waals surface area contributed by atoms with Crippen molar-refractivity contribution in [2.75, 3.05) is 18.1 Å². The molecule has 0 aromatic rings. The van der Waals surface area contributed by atoms with Gasteiger partial charge < -0.3 is 4.74 Å². The van der Waals surface area contributed by atoms with Crippen LogP contribution in [-0.4, -0.2) is 24.1 Å². The van der Waals surface area contributed by atoms with Crippen LogP contribution in [0, 0.1) is 6.92 Å². The molecule has 0 spiro atoms. The zero-order valence-electron chi connectivity index (χ0n) is 6.26. The molecule has 0 aromatic carbocycles. The number of rotatable bonds is 5. The van der Waals surface area contributed by atoms with Crippen molar-refractivity contribution in [3.8, 4) is 0 Å². The van der Waals surface area contributed by atoms with Crippen LogP contribution < -0.4 is 0 Å². The maximum atomic E-state index is 10.7. The second kappa shape index (κ2) is 6.93. The van der Waals surface area contributed by atoms with Gasteiger partial charge in [-0.3, -0.25) is 4.79 Å². The molecule has 0 aliphatic carbocycles. The van der Waals surface area contributed by atoms with Crippen LogP contribution in [0.3, 0.4) is 0 Å². The maximum Gasteiger partial charge on any atom is 0.315 e. The summed E-state index contributed by atoms with van der Waals surface area (Å²) in [6.07, 6.45) is 0.865. The highest BCUT2D eigenvalue weighted by Crippen LogP contribution is 2.01. The normalized spacial score (nSPS) is 9.40. The van der Waals surface area contributed by atoms with Crippen molar-refractivity contribution in [3.63, 3.8) is 0 Å². The first-order valence-corrected chi connectivity index (χ1v) is 4.49. The van der Waals surface area contributed by atoms with E-state index in [-0.39, 0.29) is 5.97 Å². The summed E-state index contributed by atoms with van der Waals surface area (Å²) in [5.41, 5.74) is 0. The molecule has 0 rings (SSSR count). The molecule has 0 bridgehead atoms. The third kappa shape index (κ3) is 5.95. The number of thioether (sulfide) groups is 1. The van der Waals surface area contributed by atoms with E-state index in [1.807, 2.05) is 6.92 Å². The Kier molecular flexibility index (Phi) is 6.81. The van der Waals surface area contributed by atoms with Crippen LogP contribution in [0.25, 0.3) is 0 Å². The van der Waals surface area contributed by atoms with Gasteiger partial charge in [0.05, 0.1) is 12.4 Å². The van der Waals surface area contributed by atoms with Crippen LogP contribution in [0.2, 0.25) is 0 Å². The lowest BCUT2D eigenvalue weighted by molar-refractivity contribution is -0.139. The van der Waals surface area contributed by atoms with Gasteiger partial charge in [0.2, 0.25) is 0 Å². The number of ether oxygens (including phenoxy) is 1. The van der Waals surface area contributed by atoms with Gasteiger partial charge in [-0.15, -0.1) is 0 Å². The Hall–Kier alpha value is -0.180. The second-order valence-corrected chi connectivity index (χ2v) is 2.82. The maximum absolute atomic E-state index is 10.7. The SMILES string of the molecule is [CH2]CCSCC(=O)OCC. The van der Waals surface area contributed by atoms with Crippen LogP contribution in [0.4, 0.5) is 0 Å². The van der Waals surface area contributed by atoms with E-state index in [1.165, 1.54) is 0 Å². The molecule has 0 heterocycles. The second-order valence-electron chi connectivity index (χ2n) is 1.71. The summed E-state index contributed by atoms with van der Waals surface area (Å²) in [7, 11) is 0. The van der Waals surface area contributed by atoms with E-state index >= 15 is 0 Å². The first kappa shape index (κ1) is 9.82. The Balaban J connectivity index is 3.05. The fraction of sp³-hybridized carbons (Fsp3) is 0.714.